The average molecular weight is 264 g/mol. The van der Waals surface area contributed by atoms with E-state index in [-0.39, 0.29) is 5.56 Å². The molecule has 0 spiro atoms. The highest BCUT2D eigenvalue weighted by atomic mass is 32.2. The highest BCUT2D eigenvalue weighted by Gasteiger charge is 2.11. The van der Waals surface area contributed by atoms with Gasteiger partial charge in [-0.1, -0.05) is 13.0 Å². The number of carbonyl (C=O) groups is 1. The lowest BCUT2D eigenvalue weighted by Crippen LogP contribution is -1.99. The number of carboxylic acid groups (broad SMARTS) is 1. The number of aryl methyl sites for hydroxylation is 1. The first-order chi connectivity index (χ1) is 8.74. The number of thioether (sulfide) groups is 1. The molecule has 5 heteroatoms. The minimum absolute atomic E-state index is 0.272. The van der Waals surface area contributed by atoms with Gasteiger partial charge in [-0.15, -0.1) is 0 Å². The van der Waals surface area contributed by atoms with Gasteiger partial charge in [0.15, 0.2) is 0 Å². The maximum Gasteiger partial charge on any atom is 0.337 e. The van der Waals surface area contributed by atoms with Crippen molar-refractivity contribution in [2.45, 2.75) is 19.9 Å². The Morgan fingerprint density at radius 2 is 2.33 bits per heavy atom. The van der Waals surface area contributed by atoms with Crippen LogP contribution in [0.2, 0.25) is 0 Å². The molecule has 0 unspecified atom stereocenters. The first-order valence-corrected chi connectivity index (χ1v) is 7.14. The molecule has 0 aliphatic heterocycles. The van der Waals surface area contributed by atoms with Crippen LogP contribution in [0.3, 0.4) is 0 Å². The number of hydrogen-bond donors (Lipinski definition) is 1. The normalized spacial score (nSPS) is 10.9. The molecule has 0 fully saturated rings. The third kappa shape index (κ3) is 2.67. The molecule has 4 nitrogen and oxygen atoms in total. The van der Waals surface area contributed by atoms with E-state index in [2.05, 4.69) is 11.9 Å². The van der Waals surface area contributed by atoms with Crippen LogP contribution in [0.15, 0.2) is 24.5 Å². The summed E-state index contributed by atoms with van der Waals surface area (Å²) in [7, 11) is 0. The van der Waals surface area contributed by atoms with Gasteiger partial charge in [0.2, 0.25) is 0 Å². The molecule has 0 aliphatic rings. The van der Waals surface area contributed by atoms with E-state index in [1.807, 2.05) is 22.4 Å². The molecule has 18 heavy (non-hydrogen) atoms. The zero-order valence-corrected chi connectivity index (χ0v) is 11.1. The zero-order valence-electron chi connectivity index (χ0n) is 10.3. The fourth-order valence-corrected chi connectivity index (χ4v) is 2.54. The summed E-state index contributed by atoms with van der Waals surface area (Å²) < 4.78 is 2.03. The van der Waals surface area contributed by atoms with Crippen molar-refractivity contribution < 1.29 is 9.90 Å². The lowest BCUT2D eigenvalue weighted by atomic mass is 10.2. The molecule has 96 valence electrons. The van der Waals surface area contributed by atoms with Gasteiger partial charge >= 0.3 is 5.97 Å². The topological polar surface area (TPSA) is 55.1 Å². The Morgan fingerprint density at radius 1 is 1.50 bits per heavy atom. The summed E-state index contributed by atoms with van der Waals surface area (Å²) in [5.41, 5.74) is 1.75. The van der Waals surface area contributed by atoms with Crippen molar-refractivity contribution in [2.75, 3.05) is 11.5 Å². The second kappa shape index (κ2) is 5.91. The highest BCUT2D eigenvalue weighted by molar-refractivity contribution is 7.99. The van der Waals surface area contributed by atoms with Crippen molar-refractivity contribution in [2.24, 2.45) is 0 Å². The predicted molar refractivity (Wildman–Crippen MR) is 74.3 cm³/mol. The number of aromatic carboxylic acids is 1. The molecule has 1 aromatic heterocycles. The minimum atomic E-state index is -0.924. The van der Waals surface area contributed by atoms with Crippen LogP contribution in [-0.4, -0.2) is 32.1 Å². The van der Waals surface area contributed by atoms with Gasteiger partial charge in [-0.2, -0.15) is 11.8 Å². The van der Waals surface area contributed by atoms with E-state index in [1.54, 1.807) is 18.5 Å². The Hall–Kier alpha value is -1.49. The van der Waals surface area contributed by atoms with Gasteiger partial charge in [0.05, 0.1) is 17.4 Å². The molecule has 1 heterocycles. The fourth-order valence-electron chi connectivity index (χ4n) is 1.92. The summed E-state index contributed by atoms with van der Waals surface area (Å²) in [6.07, 6.45) is 2.80. The van der Waals surface area contributed by atoms with Crippen molar-refractivity contribution in [3.8, 4) is 0 Å². The number of imidazole rings is 1. The third-order valence-electron chi connectivity index (χ3n) is 2.77. The van der Waals surface area contributed by atoms with Crippen LogP contribution in [0.25, 0.3) is 11.0 Å². The molecule has 0 saturated heterocycles. The van der Waals surface area contributed by atoms with E-state index in [4.69, 9.17) is 5.11 Å². The van der Waals surface area contributed by atoms with Crippen LogP contribution in [0, 0.1) is 0 Å². The summed E-state index contributed by atoms with van der Waals surface area (Å²) in [5.74, 6) is 1.33. The highest BCUT2D eigenvalue weighted by Crippen LogP contribution is 2.18. The predicted octanol–water partition coefficient (Wildman–Crippen LogP) is 2.88. The lowest BCUT2D eigenvalue weighted by molar-refractivity contribution is 0.0699. The van der Waals surface area contributed by atoms with Crippen LogP contribution in [0.5, 0.6) is 0 Å². The SMILES string of the molecule is CCSCCCn1cnc2c(C(=O)O)cccc21. The van der Waals surface area contributed by atoms with Crippen molar-refractivity contribution in [3.63, 3.8) is 0 Å². The molecule has 2 rings (SSSR count). The first-order valence-electron chi connectivity index (χ1n) is 5.99. The van der Waals surface area contributed by atoms with Gasteiger partial charge in [-0.05, 0) is 30.1 Å². The molecule has 1 N–H and O–H groups in total. The quantitative estimate of drug-likeness (QED) is 0.815. The second-order valence-corrected chi connectivity index (χ2v) is 5.36. The maximum atomic E-state index is 11.1. The minimum Gasteiger partial charge on any atom is -0.478 e. The van der Waals surface area contributed by atoms with Gasteiger partial charge in [0.1, 0.15) is 5.52 Å². The van der Waals surface area contributed by atoms with Gasteiger partial charge < -0.3 is 9.67 Å². The second-order valence-electron chi connectivity index (χ2n) is 3.97. The summed E-state index contributed by atoms with van der Waals surface area (Å²) in [6.45, 7) is 3.03. The Labute approximate surface area is 110 Å². The van der Waals surface area contributed by atoms with Gasteiger partial charge in [-0.3, -0.25) is 0 Å². The number of fused-ring (bicyclic) bond motifs is 1. The lowest BCUT2D eigenvalue weighted by Gasteiger charge is -2.04. The molecule has 1 aromatic carbocycles. The third-order valence-corrected chi connectivity index (χ3v) is 3.76. The first kappa shape index (κ1) is 13.0. The largest absolute Gasteiger partial charge is 0.478 e. The van der Waals surface area contributed by atoms with E-state index in [0.29, 0.717) is 5.52 Å². The molecule has 0 saturated carbocycles. The average Bonchev–Trinajstić information content (AvgIpc) is 2.77. The van der Waals surface area contributed by atoms with Crippen molar-refractivity contribution in [1.29, 1.82) is 0 Å². The maximum absolute atomic E-state index is 11.1. The van der Waals surface area contributed by atoms with E-state index < -0.39 is 5.97 Å². The summed E-state index contributed by atoms with van der Waals surface area (Å²) in [4.78, 5) is 15.3. The molecule has 0 radical (unpaired) electrons. The molecule has 0 amide bonds. The Balaban J connectivity index is 2.20. The molecule has 0 bridgehead atoms. The summed E-state index contributed by atoms with van der Waals surface area (Å²) in [5, 5.41) is 9.09. The van der Waals surface area contributed by atoms with E-state index in [1.165, 1.54) is 0 Å². The zero-order chi connectivity index (χ0) is 13.0. The van der Waals surface area contributed by atoms with Gasteiger partial charge in [0.25, 0.3) is 0 Å². The van der Waals surface area contributed by atoms with E-state index >= 15 is 0 Å². The number of aromatic nitrogens is 2. The van der Waals surface area contributed by atoms with Crippen molar-refractivity contribution in [3.05, 3.63) is 30.1 Å². The van der Waals surface area contributed by atoms with Gasteiger partial charge in [-0.25, -0.2) is 9.78 Å². The van der Waals surface area contributed by atoms with Crippen LogP contribution in [0.4, 0.5) is 0 Å². The van der Waals surface area contributed by atoms with Crippen molar-refractivity contribution in [1.82, 2.24) is 9.55 Å². The van der Waals surface area contributed by atoms with Crippen molar-refractivity contribution >= 4 is 28.8 Å². The van der Waals surface area contributed by atoms with Gasteiger partial charge in [0, 0.05) is 6.54 Å². The number of benzene rings is 1. The monoisotopic (exact) mass is 264 g/mol. The Bertz CT molecular complexity index is 551. The standard InChI is InChI=1S/C13H16N2O2S/c1-2-18-8-4-7-15-9-14-12-10(13(16)17)5-3-6-11(12)15/h3,5-6,9H,2,4,7-8H2,1H3,(H,16,17). The molecule has 0 atom stereocenters. The molecule has 2 aromatic rings. The molecule has 0 aliphatic carbocycles. The number of carboxylic acids is 1. The summed E-state index contributed by atoms with van der Waals surface area (Å²) in [6, 6.07) is 5.28. The molecular formula is C13H16N2O2S. The fraction of sp³-hybridized carbons (Fsp3) is 0.385. The Morgan fingerprint density at radius 3 is 3.06 bits per heavy atom. The van der Waals surface area contributed by atoms with E-state index in [0.717, 1.165) is 30.0 Å². The van der Waals surface area contributed by atoms with Crippen LogP contribution < -0.4 is 0 Å². The molecular weight excluding hydrogens is 248 g/mol. The van der Waals surface area contributed by atoms with E-state index in [9.17, 15) is 4.79 Å². The smallest absolute Gasteiger partial charge is 0.337 e. The van der Waals surface area contributed by atoms with Crippen LogP contribution in [0.1, 0.15) is 23.7 Å². The number of para-hydroxylation sites is 1. The van der Waals surface area contributed by atoms with Crippen LogP contribution in [-0.2, 0) is 6.54 Å². The number of rotatable bonds is 6. The Kier molecular flexibility index (Phi) is 4.25. The number of hydrogen-bond acceptors (Lipinski definition) is 3. The van der Waals surface area contributed by atoms with Crippen LogP contribution >= 0.6 is 11.8 Å². The summed E-state index contributed by atoms with van der Waals surface area (Å²) >= 11 is 1.92. The number of nitrogens with zero attached hydrogens (tertiary/aromatic N) is 2.